The second kappa shape index (κ2) is 14.9. The van der Waals surface area contributed by atoms with Gasteiger partial charge in [0.15, 0.2) is 0 Å². The van der Waals surface area contributed by atoms with Crippen LogP contribution in [0.2, 0.25) is 0 Å². The molecule has 0 spiro atoms. The Hall–Kier alpha value is -0.530. The molecule has 0 rings (SSSR count). The van der Waals surface area contributed by atoms with Gasteiger partial charge in [-0.3, -0.25) is 4.79 Å². The Labute approximate surface area is 126 Å². The van der Waals surface area contributed by atoms with E-state index in [9.17, 15) is 9.90 Å². The van der Waals surface area contributed by atoms with E-state index in [-0.39, 0.29) is 5.92 Å². The van der Waals surface area contributed by atoms with Crippen LogP contribution in [-0.2, 0) is 4.79 Å². The fourth-order valence-electron chi connectivity index (χ4n) is 2.73. The number of hydrogen-bond acceptors (Lipinski definition) is 1. The number of carboxylic acids is 1. The van der Waals surface area contributed by atoms with Crippen molar-refractivity contribution in [1.82, 2.24) is 0 Å². The van der Waals surface area contributed by atoms with E-state index >= 15 is 0 Å². The highest BCUT2D eigenvalue weighted by Gasteiger charge is 2.16. The summed E-state index contributed by atoms with van der Waals surface area (Å²) in [5.41, 5.74) is 0. The van der Waals surface area contributed by atoms with Crippen molar-refractivity contribution in [3.05, 3.63) is 0 Å². The van der Waals surface area contributed by atoms with Crippen LogP contribution in [0.3, 0.4) is 0 Å². The normalized spacial score (nSPS) is 12.5. The van der Waals surface area contributed by atoms with Gasteiger partial charge < -0.3 is 5.11 Å². The topological polar surface area (TPSA) is 37.3 Å². The highest BCUT2D eigenvalue weighted by molar-refractivity contribution is 5.69. The SMILES string of the molecule is CCCCCCCCC[C@H](CCCCCCC)C(=O)O. The standard InChI is InChI=1S/C18H36O2/c1-3-5-7-9-10-12-14-16-17(18(19)20)15-13-11-8-6-4-2/h17H,3-16H2,1-2H3,(H,19,20)/t17-/m0/s1. The van der Waals surface area contributed by atoms with Crippen LogP contribution in [0.5, 0.6) is 0 Å². The molecule has 0 radical (unpaired) electrons. The van der Waals surface area contributed by atoms with Gasteiger partial charge in [-0.05, 0) is 12.8 Å². The minimum atomic E-state index is -0.577. The van der Waals surface area contributed by atoms with E-state index < -0.39 is 5.97 Å². The molecule has 120 valence electrons. The summed E-state index contributed by atoms with van der Waals surface area (Å²) in [4.78, 5) is 11.2. The van der Waals surface area contributed by atoms with Crippen molar-refractivity contribution < 1.29 is 9.90 Å². The number of hydrogen-bond donors (Lipinski definition) is 1. The molecular formula is C18H36O2. The third-order valence-electron chi connectivity index (χ3n) is 4.16. The maximum absolute atomic E-state index is 11.2. The van der Waals surface area contributed by atoms with Gasteiger partial charge in [0.1, 0.15) is 0 Å². The van der Waals surface area contributed by atoms with Crippen LogP contribution in [0.4, 0.5) is 0 Å². The van der Waals surface area contributed by atoms with Crippen LogP contribution in [-0.4, -0.2) is 11.1 Å². The van der Waals surface area contributed by atoms with Gasteiger partial charge in [0.05, 0.1) is 5.92 Å². The van der Waals surface area contributed by atoms with Gasteiger partial charge in [0.2, 0.25) is 0 Å². The Morgan fingerprint density at radius 3 is 1.40 bits per heavy atom. The van der Waals surface area contributed by atoms with Crippen molar-refractivity contribution >= 4 is 5.97 Å². The highest BCUT2D eigenvalue weighted by Crippen LogP contribution is 2.19. The minimum absolute atomic E-state index is 0.0905. The van der Waals surface area contributed by atoms with Crippen LogP contribution in [0.15, 0.2) is 0 Å². The Balaban J connectivity index is 3.52. The van der Waals surface area contributed by atoms with Crippen LogP contribution in [0.1, 0.15) is 104 Å². The zero-order chi connectivity index (χ0) is 15.1. The molecule has 0 aliphatic heterocycles. The molecule has 0 aromatic carbocycles. The molecule has 2 heteroatoms. The lowest BCUT2D eigenvalue weighted by Crippen LogP contribution is -2.13. The first-order valence-corrected chi connectivity index (χ1v) is 8.95. The fourth-order valence-corrected chi connectivity index (χ4v) is 2.73. The molecule has 0 aromatic heterocycles. The van der Waals surface area contributed by atoms with E-state index in [1.165, 1.54) is 64.2 Å². The van der Waals surface area contributed by atoms with Gasteiger partial charge in [-0.2, -0.15) is 0 Å². The van der Waals surface area contributed by atoms with Gasteiger partial charge in [0.25, 0.3) is 0 Å². The van der Waals surface area contributed by atoms with Crippen LogP contribution in [0.25, 0.3) is 0 Å². The first-order valence-electron chi connectivity index (χ1n) is 8.95. The Bertz CT molecular complexity index is 213. The van der Waals surface area contributed by atoms with E-state index in [0.29, 0.717) is 0 Å². The summed E-state index contributed by atoms with van der Waals surface area (Å²) in [5.74, 6) is -0.668. The van der Waals surface area contributed by atoms with Crippen molar-refractivity contribution in [1.29, 1.82) is 0 Å². The molecular weight excluding hydrogens is 248 g/mol. The van der Waals surface area contributed by atoms with Crippen LogP contribution < -0.4 is 0 Å². The van der Waals surface area contributed by atoms with Gasteiger partial charge >= 0.3 is 5.97 Å². The smallest absolute Gasteiger partial charge is 0.306 e. The molecule has 1 atom stereocenters. The van der Waals surface area contributed by atoms with E-state index in [2.05, 4.69) is 13.8 Å². The average Bonchev–Trinajstić information content (AvgIpc) is 2.43. The molecule has 0 saturated heterocycles. The van der Waals surface area contributed by atoms with Crippen molar-refractivity contribution in [2.75, 3.05) is 0 Å². The molecule has 20 heavy (non-hydrogen) atoms. The van der Waals surface area contributed by atoms with E-state index in [1.807, 2.05) is 0 Å². The predicted octanol–water partition coefficient (Wildman–Crippen LogP) is 6.19. The molecule has 0 unspecified atom stereocenters. The molecule has 0 aliphatic rings. The lowest BCUT2D eigenvalue weighted by Gasteiger charge is -2.12. The Morgan fingerprint density at radius 1 is 0.700 bits per heavy atom. The summed E-state index contributed by atoms with van der Waals surface area (Å²) >= 11 is 0. The van der Waals surface area contributed by atoms with Gasteiger partial charge in [-0.1, -0.05) is 90.9 Å². The largest absolute Gasteiger partial charge is 0.481 e. The summed E-state index contributed by atoms with van der Waals surface area (Å²) in [6.45, 7) is 4.44. The summed E-state index contributed by atoms with van der Waals surface area (Å²) < 4.78 is 0. The molecule has 0 aromatic rings. The van der Waals surface area contributed by atoms with Crippen molar-refractivity contribution in [2.24, 2.45) is 5.92 Å². The number of carboxylic acid groups (broad SMARTS) is 1. The summed E-state index contributed by atoms with van der Waals surface area (Å²) in [6.07, 6.45) is 16.8. The average molecular weight is 284 g/mol. The molecule has 0 saturated carbocycles. The molecule has 2 nitrogen and oxygen atoms in total. The number of carbonyl (C=O) groups is 1. The third kappa shape index (κ3) is 12.5. The summed E-state index contributed by atoms with van der Waals surface area (Å²) in [7, 11) is 0. The summed E-state index contributed by atoms with van der Waals surface area (Å²) in [6, 6.07) is 0. The monoisotopic (exact) mass is 284 g/mol. The van der Waals surface area contributed by atoms with Crippen molar-refractivity contribution in [3.8, 4) is 0 Å². The molecule has 0 bridgehead atoms. The molecule has 0 heterocycles. The lowest BCUT2D eigenvalue weighted by molar-refractivity contribution is -0.142. The Kier molecular flexibility index (Phi) is 14.5. The number of unbranched alkanes of at least 4 members (excludes halogenated alkanes) is 10. The first-order chi connectivity index (χ1) is 9.72. The second-order valence-corrected chi connectivity index (χ2v) is 6.15. The van der Waals surface area contributed by atoms with E-state index in [4.69, 9.17) is 0 Å². The third-order valence-corrected chi connectivity index (χ3v) is 4.16. The maximum Gasteiger partial charge on any atom is 0.306 e. The van der Waals surface area contributed by atoms with Crippen LogP contribution in [0, 0.1) is 5.92 Å². The number of aliphatic carboxylic acids is 1. The van der Waals surface area contributed by atoms with E-state index in [0.717, 1.165) is 25.7 Å². The lowest BCUT2D eigenvalue weighted by atomic mass is 9.94. The van der Waals surface area contributed by atoms with Crippen molar-refractivity contribution in [2.45, 2.75) is 104 Å². The van der Waals surface area contributed by atoms with Gasteiger partial charge in [-0.25, -0.2) is 0 Å². The van der Waals surface area contributed by atoms with E-state index in [1.54, 1.807) is 0 Å². The molecule has 0 aliphatic carbocycles. The molecule has 1 N–H and O–H groups in total. The van der Waals surface area contributed by atoms with Gasteiger partial charge in [0, 0.05) is 0 Å². The number of rotatable bonds is 15. The van der Waals surface area contributed by atoms with Gasteiger partial charge in [-0.15, -0.1) is 0 Å². The maximum atomic E-state index is 11.2. The predicted molar refractivity (Wildman–Crippen MR) is 87.1 cm³/mol. The Morgan fingerprint density at radius 2 is 1.05 bits per heavy atom. The minimum Gasteiger partial charge on any atom is -0.481 e. The summed E-state index contributed by atoms with van der Waals surface area (Å²) in [5, 5.41) is 9.25. The zero-order valence-corrected chi connectivity index (χ0v) is 13.8. The van der Waals surface area contributed by atoms with Crippen LogP contribution >= 0.6 is 0 Å². The second-order valence-electron chi connectivity index (χ2n) is 6.15. The highest BCUT2D eigenvalue weighted by atomic mass is 16.4. The fraction of sp³-hybridized carbons (Fsp3) is 0.944. The zero-order valence-electron chi connectivity index (χ0n) is 13.8. The quantitative estimate of drug-likeness (QED) is 0.364. The van der Waals surface area contributed by atoms with Crippen molar-refractivity contribution in [3.63, 3.8) is 0 Å². The molecule has 0 fully saturated rings. The first kappa shape index (κ1) is 19.5. The molecule has 0 amide bonds.